The topological polar surface area (TPSA) is 117 Å². The number of carbonyl (C=O) groups excluding carboxylic acids is 4. The van der Waals surface area contributed by atoms with Crippen molar-refractivity contribution < 1.29 is 37.4 Å². The molecule has 4 amide bonds. The average molecular weight is 973 g/mol. The smallest absolute Gasteiger partial charge is 0.258 e. The van der Waals surface area contributed by atoms with Gasteiger partial charge >= 0.3 is 0 Å². The standard InChI is InChI=1S/2C30H31FN2O3/c2*1-21-10-6-8-14-26(23-16-18-24(31)19-17-23)32-29(34)27(20-22-11-4-3-5-12-22)33(2)30(35)25-13-7-9-15-28(25)36-21/h2*3-9,11-13,15-19,21,26-27H,10,14,20H2,1-2H3,(H,32,34)/b8-6+;8-6-/t2*21-,26+,27+/m11/s1. The molecule has 2 aliphatic rings. The Balaban J connectivity index is 0.000000211. The highest BCUT2D eigenvalue weighted by Gasteiger charge is 2.33. The van der Waals surface area contributed by atoms with Gasteiger partial charge in [-0.2, -0.15) is 0 Å². The fourth-order valence-electron chi connectivity index (χ4n) is 8.69. The zero-order valence-electron chi connectivity index (χ0n) is 41.1. The summed E-state index contributed by atoms with van der Waals surface area (Å²) in [7, 11) is 3.29. The molecular formula is C60H62F2N4O6. The number of halogens is 2. The van der Waals surface area contributed by atoms with Crippen LogP contribution in [0.2, 0.25) is 0 Å². The molecule has 372 valence electrons. The number of rotatable bonds is 6. The highest BCUT2D eigenvalue weighted by Crippen LogP contribution is 2.28. The first-order valence-electron chi connectivity index (χ1n) is 24.4. The van der Waals surface area contributed by atoms with Crippen LogP contribution in [0.25, 0.3) is 0 Å². The summed E-state index contributed by atoms with van der Waals surface area (Å²) >= 11 is 0. The van der Waals surface area contributed by atoms with Gasteiger partial charge in [0.2, 0.25) is 11.8 Å². The molecule has 0 saturated heterocycles. The lowest BCUT2D eigenvalue weighted by atomic mass is 9.99. The van der Waals surface area contributed by atoms with Crippen LogP contribution in [0.1, 0.15) is 94.6 Å². The minimum atomic E-state index is -0.764. The number of amides is 4. The van der Waals surface area contributed by atoms with Crippen molar-refractivity contribution in [1.82, 2.24) is 20.4 Å². The second-order valence-corrected chi connectivity index (χ2v) is 18.2. The Labute approximate surface area is 421 Å². The Kier molecular flexibility index (Phi) is 18.3. The van der Waals surface area contributed by atoms with Crippen molar-refractivity contribution in [2.75, 3.05) is 14.1 Å². The van der Waals surface area contributed by atoms with Gasteiger partial charge in [-0.05, 0) is 97.5 Å². The molecule has 72 heavy (non-hydrogen) atoms. The van der Waals surface area contributed by atoms with E-state index in [-0.39, 0.29) is 59.6 Å². The number of nitrogens with one attached hydrogen (secondary N) is 2. The molecule has 0 spiro atoms. The lowest BCUT2D eigenvalue weighted by Gasteiger charge is -2.30. The minimum Gasteiger partial charge on any atom is -0.490 e. The van der Waals surface area contributed by atoms with Crippen molar-refractivity contribution in [3.63, 3.8) is 0 Å². The molecule has 6 atom stereocenters. The van der Waals surface area contributed by atoms with Crippen molar-refractivity contribution in [2.45, 2.75) is 88.7 Å². The van der Waals surface area contributed by atoms with Crippen molar-refractivity contribution in [1.29, 1.82) is 0 Å². The van der Waals surface area contributed by atoms with Gasteiger partial charge in [0.1, 0.15) is 35.2 Å². The molecule has 0 aliphatic carbocycles. The monoisotopic (exact) mass is 972 g/mol. The van der Waals surface area contributed by atoms with E-state index in [9.17, 15) is 28.0 Å². The number of benzene rings is 6. The molecule has 0 unspecified atom stereocenters. The summed E-state index contributed by atoms with van der Waals surface area (Å²) in [5.74, 6) is -0.815. The first kappa shape index (κ1) is 52.0. The fourth-order valence-corrected chi connectivity index (χ4v) is 8.69. The Hall–Kier alpha value is -7.86. The van der Waals surface area contributed by atoms with Crippen LogP contribution in [-0.2, 0) is 22.4 Å². The van der Waals surface area contributed by atoms with E-state index in [1.165, 1.54) is 34.1 Å². The van der Waals surface area contributed by atoms with Gasteiger partial charge in [-0.1, -0.05) is 133 Å². The summed E-state index contributed by atoms with van der Waals surface area (Å²) in [4.78, 5) is 57.7. The molecule has 8 rings (SSSR count). The lowest BCUT2D eigenvalue weighted by Crippen LogP contribution is -2.49. The number of hydrogen-bond donors (Lipinski definition) is 2. The van der Waals surface area contributed by atoms with Gasteiger partial charge in [-0.15, -0.1) is 0 Å². The van der Waals surface area contributed by atoms with Gasteiger partial charge in [0, 0.05) is 39.8 Å². The molecule has 0 fully saturated rings. The normalized spacial score (nSPS) is 22.1. The van der Waals surface area contributed by atoms with E-state index >= 15 is 0 Å². The first-order valence-corrected chi connectivity index (χ1v) is 24.4. The van der Waals surface area contributed by atoms with Crippen LogP contribution in [-0.4, -0.2) is 71.8 Å². The zero-order valence-corrected chi connectivity index (χ0v) is 41.1. The third kappa shape index (κ3) is 14.1. The number of ether oxygens (including phenoxy) is 2. The van der Waals surface area contributed by atoms with Gasteiger partial charge < -0.3 is 29.9 Å². The summed E-state index contributed by atoms with van der Waals surface area (Å²) in [5, 5.41) is 6.25. The Bertz CT molecular complexity index is 2610. The number of fused-ring (bicyclic) bond motifs is 2. The summed E-state index contributed by atoms with van der Waals surface area (Å²) in [5.41, 5.74) is 4.29. The van der Waals surface area contributed by atoms with Crippen LogP contribution in [0.15, 0.2) is 182 Å². The Morgan fingerprint density at radius 3 is 1.17 bits per heavy atom. The van der Waals surface area contributed by atoms with Gasteiger partial charge in [-0.3, -0.25) is 19.2 Å². The molecule has 0 saturated carbocycles. The van der Waals surface area contributed by atoms with Crippen LogP contribution in [0.5, 0.6) is 11.5 Å². The van der Waals surface area contributed by atoms with Crippen molar-refractivity contribution in [3.8, 4) is 11.5 Å². The van der Waals surface area contributed by atoms with Crippen LogP contribution in [0.4, 0.5) is 8.78 Å². The molecule has 2 N–H and O–H groups in total. The van der Waals surface area contributed by atoms with E-state index in [1.807, 2.05) is 111 Å². The lowest BCUT2D eigenvalue weighted by molar-refractivity contribution is -0.126. The molecule has 10 nitrogen and oxygen atoms in total. The molecule has 0 bridgehead atoms. The van der Waals surface area contributed by atoms with E-state index in [0.717, 1.165) is 22.3 Å². The highest BCUT2D eigenvalue weighted by molar-refractivity contribution is 6.00. The summed E-state index contributed by atoms with van der Waals surface area (Å²) in [6, 6.07) is 43.5. The van der Waals surface area contributed by atoms with Crippen molar-refractivity contribution in [3.05, 3.63) is 227 Å². The van der Waals surface area contributed by atoms with E-state index in [2.05, 4.69) is 10.6 Å². The molecule has 12 heteroatoms. The van der Waals surface area contributed by atoms with Gasteiger partial charge in [0.15, 0.2) is 0 Å². The maximum Gasteiger partial charge on any atom is 0.258 e. The first-order chi connectivity index (χ1) is 34.8. The Morgan fingerprint density at radius 2 is 0.792 bits per heavy atom. The Morgan fingerprint density at radius 1 is 0.458 bits per heavy atom. The fraction of sp³-hybridized carbons (Fsp3) is 0.267. The predicted molar refractivity (Wildman–Crippen MR) is 276 cm³/mol. The molecular weight excluding hydrogens is 911 g/mol. The third-order valence-corrected chi connectivity index (χ3v) is 12.8. The number of likely N-dealkylation sites (N-methyl/N-ethyl adjacent to an activating group) is 2. The maximum absolute atomic E-state index is 13.7. The van der Waals surface area contributed by atoms with E-state index in [4.69, 9.17) is 9.47 Å². The largest absolute Gasteiger partial charge is 0.490 e. The molecule has 2 heterocycles. The van der Waals surface area contributed by atoms with Crippen molar-refractivity contribution in [2.24, 2.45) is 0 Å². The SMILES string of the molecule is C[C@@H]1C/C=C/C[C@@H](c2ccc(F)cc2)NC(=O)[C@H](Cc2ccccc2)N(C)C(=O)c2ccccc2O1.C[C@@H]1C/C=C\C[C@@H](c2ccc(F)cc2)NC(=O)[C@H](Cc2ccccc2)N(C)C(=O)c2ccccc2O1. The second-order valence-electron chi connectivity index (χ2n) is 18.2. The van der Waals surface area contributed by atoms with Gasteiger partial charge in [0.05, 0.1) is 35.4 Å². The average Bonchev–Trinajstić information content (AvgIpc) is 3.39. The van der Waals surface area contributed by atoms with E-state index in [1.54, 1.807) is 74.8 Å². The molecule has 6 aromatic rings. The van der Waals surface area contributed by atoms with Crippen LogP contribution in [0, 0.1) is 11.6 Å². The van der Waals surface area contributed by atoms with Gasteiger partial charge in [-0.25, -0.2) is 8.78 Å². The second kappa shape index (κ2) is 25.3. The third-order valence-electron chi connectivity index (χ3n) is 12.8. The van der Waals surface area contributed by atoms with Crippen LogP contribution >= 0.6 is 0 Å². The molecule has 0 aromatic heterocycles. The van der Waals surface area contributed by atoms with Crippen LogP contribution < -0.4 is 20.1 Å². The summed E-state index contributed by atoms with van der Waals surface area (Å²) in [6.07, 6.45) is 10.8. The zero-order chi connectivity index (χ0) is 51.0. The summed E-state index contributed by atoms with van der Waals surface area (Å²) in [6.45, 7) is 3.91. The molecule has 2 aliphatic heterocycles. The predicted octanol–water partition coefficient (Wildman–Crippen LogP) is 11.0. The van der Waals surface area contributed by atoms with Crippen LogP contribution in [0.3, 0.4) is 0 Å². The number of nitrogens with zero attached hydrogens (tertiary/aromatic N) is 2. The number of carbonyl (C=O) groups is 4. The molecule has 0 radical (unpaired) electrons. The van der Waals surface area contributed by atoms with Gasteiger partial charge in [0.25, 0.3) is 11.8 Å². The highest BCUT2D eigenvalue weighted by atomic mass is 19.1. The number of para-hydroxylation sites is 2. The van der Waals surface area contributed by atoms with E-state index < -0.39 is 12.1 Å². The van der Waals surface area contributed by atoms with Crippen molar-refractivity contribution >= 4 is 23.6 Å². The summed E-state index contributed by atoms with van der Waals surface area (Å²) < 4.78 is 39.4. The van der Waals surface area contributed by atoms with E-state index in [0.29, 0.717) is 61.2 Å². The number of hydrogen-bond acceptors (Lipinski definition) is 6. The maximum atomic E-state index is 13.7. The quantitative estimate of drug-likeness (QED) is 0.161. The minimum absolute atomic E-state index is 0.151. The molecule has 6 aromatic carbocycles.